The first-order valence-corrected chi connectivity index (χ1v) is 10.0. The molecule has 0 radical (unpaired) electrons. The molecular weight excluding hydrogens is 368 g/mol. The van der Waals surface area contributed by atoms with Crippen molar-refractivity contribution in [1.82, 2.24) is 14.7 Å². The highest BCUT2D eigenvalue weighted by Crippen LogP contribution is 2.27. The van der Waals surface area contributed by atoms with Crippen LogP contribution in [0.3, 0.4) is 0 Å². The van der Waals surface area contributed by atoms with Gasteiger partial charge in [-0.05, 0) is 48.4 Å². The van der Waals surface area contributed by atoms with E-state index in [-0.39, 0.29) is 6.03 Å². The molecule has 5 nitrogen and oxygen atoms in total. The van der Waals surface area contributed by atoms with Crippen LogP contribution in [0.4, 0.5) is 10.5 Å². The van der Waals surface area contributed by atoms with Crippen LogP contribution < -0.4 is 5.32 Å². The number of nitrogens with one attached hydrogen (secondary N) is 1. The lowest BCUT2D eigenvalue weighted by Crippen LogP contribution is -2.31. The van der Waals surface area contributed by atoms with Gasteiger partial charge in [0.05, 0.1) is 22.8 Å². The fraction of sp³-hybridized carbons (Fsp3) is 0.182. The Kier molecular flexibility index (Phi) is 4.88. The zero-order valence-corrected chi connectivity index (χ0v) is 17.0. The third-order valence-corrected chi connectivity index (χ3v) is 5.85. The largest absolute Gasteiger partial charge is 0.323 e. The van der Waals surface area contributed by atoms with Crippen molar-refractivity contribution in [1.29, 1.82) is 0 Å². The molecule has 0 spiro atoms. The predicted molar refractivity (Wildman–Crippen MR) is 115 cm³/mol. The standard InChI is InChI=1S/C22H22N4OS/c1-15-21(16(2)26(24-15)18-9-5-4-6-10-18)23-22(27)25(3)13-17-14-28-20-12-8-7-11-19(17)20/h4-12,14H,13H2,1-3H3,(H,23,27). The number of aryl methyl sites for hydroxylation is 1. The highest BCUT2D eigenvalue weighted by Gasteiger charge is 2.18. The smallest absolute Gasteiger partial charge is 0.321 e. The summed E-state index contributed by atoms with van der Waals surface area (Å²) >= 11 is 1.71. The van der Waals surface area contributed by atoms with Crippen molar-refractivity contribution in [2.24, 2.45) is 0 Å². The molecule has 0 saturated carbocycles. The molecule has 0 aliphatic heterocycles. The second-order valence-electron chi connectivity index (χ2n) is 6.84. The number of fused-ring (bicyclic) bond motifs is 1. The topological polar surface area (TPSA) is 50.2 Å². The zero-order chi connectivity index (χ0) is 19.7. The van der Waals surface area contributed by atoms with E-state index >= 15 is 0 Å². The van der Waals surface area contributed by atoms with Gasteiger partial charge in [0.2, 0.25) is 0 Å². The van der Waals surface area contributed by atoms with Crippen molar-refractivity contribution in [2.75, 3.05) is 12.4 Å². The lowest BCUT2D eigenvalue weighted by atomic mass is 10.2. The Morgan fingerprint density at radius 2 is 1.82 bits per heavy atom. The summed E-state index contributed by atoms with van der Waals surface area (Å²) in [6, 6.07) is 18.1. The maximum Gasteiger partial charge on any atom is 0.321 e. The Hall–Kier alpha value is -3.12. The minimum Gasteiger partial charge on any atom is -0.323 e. The summed E-state index contributed by atoms with van der Waals surface area (Å²) in [5.41, 5.74) is 4.60. The molecule has 0 bridgehead atoms. The van der Waals surface area contributed by atoms with Crippen LogP contribution >= 0.6 is 11.3 Å². The first-order chi connectivity index (χ1) is 13.5. The molecule has 0 saturated heterocycles. The highest BCUT2D eigenvalue weighted by atomic mass is 32.1. The molecule has 1 N–H and O–H groups in total. The quantitative estimate of drug-likeness (QED) is 0.509. The van der Waals surface area contributed by atoms with Gasteiger partial charge >= 0.3 is 6.03 Å². The molecule has 2 aromatic heterocycles. The second-order valence-corrected chi connectivity index (χ2v) is 7.75. The average Bonchev–Trinajstić information content (AvgIpc) is 3.24. The van der Waals surface area contributed by atoms with Gasteiger partial charge in [-0.15, -0.1) is 11.3 Å². The van der Waals surface area contributed by atoms with E-state index in [4.69, 9.17) is 0 Å². The van der Waals surface area contributed by atoms with Crippen molar-refractivity contribution in [3.05, 3.63) is 76.9 Å². The zero-order valence-electron chi connectivity index (χ0n) is 16.1. The van der Waals surface area contributed by atoms with E-state index in [2.05, 4.69) is 27.9 Å². The first kappa shape index (κ1) is 18.3. The molecule has 0 aliphatic rings. The Bertz CT molecular complexity index is 1130. The van der Waals surface area contributed by atoms with Crippen LogP contribution in [0.25, 0.3) is 15.8 Å². The third-order valence-electron chi connectivity index (χ3n) is 4.84. The summed E-state index contributed by atoms with van der Waals surface area (Å²) in [5.74, 6) is 0. The van der Waals surface area contributed by atoms with E-state index in [0.717, 1.165) is 28.3 Å². The molecule has 4 rings (SSSR count). The van der Waals surface area contributed by atoms with Crippen LogP contribution in [0.1, 0.15) is 17.0 Å². The van der Waals surface area contributed by atoms with Gasteiger partial charge in [0.25, 0.3) is 0 Å². The molecule has 0 aliphatic carbocycles. The normalized spacial score (nSPS) is 11.0. The average molecular weight is 391 g/mol. The molecule has 0 fully saturated rings. The highest BCUT2D eigenvalue weighted by molar-refractivity contribution is 7.17. The van der Waals surface area contributed by atoms with Crippen molar-refractivity contribution in [2.45, 2.75) is 20.4 Å². The maximum atomic E-state index is 12.8. The molecule has 0 atom stereocenters. The van der Waals surface area contributed by atoms with Crippen LogP contribution in [0, 0.1) is 13.8 Å². The van der Waals surface area contributed by atoms with Gasteiger partial charge in [-0.3, -0.25) is 0 Å². The Balaban J connectivity index is 1.53. The molecular formula is C22H22N4OS. The molecule has 2 amide bonds. The molecule has 4 aromatic rings. The number of para-hydroxylation sites is 1. The molecule has 28 heavy (non-hydrogen) atoms. The number of hydrogen-bond donors (Lipinski definition) is 1. The van der Waals surface area contributed by atoms with Gasteiger partial charge in [-0.25, -0.2) is 9.48 Å². The predicted octanol–water partition coefficient (Wildman–Crippen LogP) is 5.37. The van der Waals surface area contributed by atoms with Gasteiger partial charge in [0.15, 0.2) is 0 Å². The number of hydrogen-bond acceptors (Lipinski definition) is 3. The van der Waals surface area contributed by atoms with E-state index in [9.17, 15) is 4.79 Å². The molecule has 0 unspecified atom stereocenters. The van der Waals surface area contributed by atoms with E-state index in [0.29, 0.717) is 6.54 Å². The van der Waals surface area contributed by atoms with Crippen molar-refractivity contribution < 1.29 is 4.79 Å². The molecule has 2 heterocycles. The van der Waals surface area contributed by atoms with Crippen LogP contribution in [0.2, 0.25) is 0 Å². The van der Waals surface area contributed by atoms with Gasteiger partial charge in [-0.2, -0.15) is 5.10 Å². The lowest BCUT2D eigenvalue weighted by molar-refractivity contribution is 0.221. The van der Waals surface area contributed by atoms with Gasteiger partial charge in [0, 0.05) is 18.3 Å². The number of carbonyl (C=O) groups excluding carboxylic acids is 1. The van der Waals surface area contributed by atoms with Crippen molar-refractivity contribution in [3.8, 4) is 5.69 Å². The van der Waals surface area contributed by atoms with Crippen molar-refractivity contribution >= 4 is 33.1 Å². The summed E-state index contributed by atoms with van der Waals surface area (Å²) in [4.78, 5) is 14.5. The van der Waals surface area contributed by atoms with Gasteiger partial charge < -0.3 is 10.2 Å². The van der Waals surface area contributed by atoms with Crippen LogP contribution in [0.15, 0.2) is 60.0 Å². The summed E-state index contributed by atoms with van der Waals surface area (Å²) in [6.07, 6.45) is 0. The molecule has 2 aromatic carbocycles. The van der Waals surface area contributed by atoms with Gasteiger partial charge in [-0.1, -0.05) is 36.4 Å². The SMILES string of the molecule is Cc1nn(-c2ccccc2)c(C)c1NC(=O)N(C)Cc1csc2ccccc12. The number of benzene rings is 2. The number of amides is 2. The first-order valence-electron chi connectivity index (χ1n) is 9.13. The number of urea groups is 1. The summed E-state index contributed by atoms with van der Waals surface area (Å²) in [5, 5.41) is 11.0. The number of aromatic nitrogens is 2. The Morgan fingerprint density at radius 3 is 2.61 bits per heavy atom. The van der Waals surface area contributed by atoms with Crippen molar-refractivity contribution in [3.63, 3.8) is 0 Å². The number of carbonyl (C=O) groups is 1. The Morgan fingerprint density at radius 1 is 1.11 bits per heavy atom. The maximum absolute atomic E-state index is 12.8. The summed E-state index contributed by atoms with van der Waals surface area (Å²) in [6.45, 7) is 4.43. The molecule has 142 valence electrons. The fourth-order valence-corrected chi connectivity index (χ4v) is 4.28. The van der Waals surface area contributed by atoms with Crippen LogP contribution in [-0.2, 0) is 6.54 Å². The summed E-state index contributed by atoms with van der Waals surface area (Å²) in [7, 11) is 1.81. The van der Waals surface area contributed by atoms with E-state index in [1.165, 1.54) is 10.1 Å². The fourth-order valence-electron chi connectivity index (χ4n) is 3.33. The van der Waals surface area contributed by atoms with Crippen LogP contribution in [0.5, 0.6) is 0 Å². The minimum atomic E-state index is -0.144. The van der Waals surface area contributed by atoms with E-state index in [1.54, 1.807) is 16.2 Å². The number of anilines is 1. The van der Waals surface area contributed by atoms with Crippen LogP contribution in [-0.4, -0.2) is 27.8 Å². The minimum absolute atomic E-state index is 0.144. The third kappa shape index (κ3) is 3.39. The number of thiophene rings is 1. The number of rotatable bonds is 4. The second kappa shape index (κ2) is 7.48. The van der Waals surface area contributed by atoms with E-state index in [1.807, 2.05) is 68.0 Å². The molecule has 6 heteroatoms. The summed E-state index contributed by atoms with van der Waals surface area (Å²) < 4.78 is 3.10. The van der Waals surface area contributed by atoms with Gasteiger partial charge in [0.1, 0.15) is 0 Å². The van der Waals surface area contributed by atoms with E-state index < -0.39 is 0 Å². The number of nitrogens with zero attached hydrogens (tertiary/aromatic N) is 3. The Labute approximate surface area is 168 Å². The monoisotopic (exact) mass is 390 g/mol. The lowest BCUT2D eigenvalue weighted by Gasteiger charge is -2.18.